The molecule has 1 aromatic rings. The molecule has 0 heterocycles. The molecule has 0 saturated heterocycles. The molecule has 0 N–H and O–H groups in total. The minimum atomic E-state index is -3.76. The molecule has 2 atom stereocenters. The molecular weight excluding hydrogens is 334 g/mol. The van der Waals surface area contributed by atoms with Crippen molar-refractivity contribution in [3.8, 4) is 0 Å². The average Bonchev–Trinajstić information content (AvgIpc) is 2.42. The Bertz CT molecular complexity index is 658. The van der Waals surface area contributed by atoms with Crippen LogP contribution in [-0.2, 0) is 25.3 Å². The van der Waals surface area contributed by atoms with Crippen molar-refractivity contribution < 1.29 is 16.8 Å². The second-order valence-electron chi connectivity index (χ2n) is 6.40. The first kappa shape index (κ1) is 20.0. The van der Waals surface area contributed by atoms with E-state index in [0.29, 0.717) is 12.8 Å². The maximum absolute atomic E-state index is 12.1. The Hall–Kier alpha value is -1.05. The lowest BCUT2D eigenvalue weighted by atomic mass is 10.2. The van der Waals surface area contributed by atoms with Crippen LogP contribution in [0.15, 0.2) is 33.6 Å². The minimum Gasteiger partial charge on any atom is -0.263 e. The molecule has 0 aliphatic rings. The first-order valence-corrected chi connectivity index (χ1v) is 9.98. The van der Waals surface area contributed by atoms with Gasteiger partial charge in [-0.05, 0) is 59.6 Å². The van der Waals surface area contributed by atoms with Crippen molar-refractivity contribution in [2.24, 2.45) is 4.40 Å². The average molecular weight is 360 g/mol. The summed E-state index contributed by atoms with van der Waals surface area (Å²) in [5, 5.41) is 0. The fraction of sp³-hybridized carbons (Fsp3) is 0.562. The summed E-state index contributed by atoms with van der Waals surface area (Å²) in [6.07, 6.45) is 2.08. The Kier molecular flexibility index (Phi) is 7.10. The van der Waals surface area contributed by atoms with E-state index in [2.05, 4.69) is 4.40 Å². The van der Waals surface area contributed by atoms with Gasteiger partial charge in [0.15, 0.2) is 0 Å². The third-order valence-electron chi connectivity index (χ3n) is 3.00. The predicted octanol–water partition coefficient (Wildman–Crippen LogP) is 3.40. The van der Waals surface area contributed by atoms with E-state index < -0.39 is 32.0 Å². The Labute approximate surface area is 141 Å². The van der Waals surface area contributed by atoms with E-state index in [-0.39, 0.29) is 4.90 Å². The first-order valence-electron chi connectivity index (χ1n) is 7.47. The number of nitrogens with zero attached hydrogens (tertiary/aromatic N) is 1. The maximum Gasteiger partial charge on any atom is 0.297 e. The summed E-state index contributed by atoms with van der Waals surface area (Å²) in [6, 6.07) is 6.53. The smallest absolute Gasteiger partial charge is 0.263 e. The van der Waals surface area contributed by atoms with Crippen LogP contribution in [0.4, 0.5) is 0 Å². The van der Waals surface area contributed by atoms with Gasteiger partial charge in [-0.3, -0.25) is 4.18 Å². The van der Waals surface area contributed by atoms with Gasteiger partial charge in [-0.25, -0.2) is 4.21 Å². The molecule has 0 saturated carbocycles. The summed E-state index contributed by atoms with van der Waals surface area (Å²) in [5.74, 6) is 0. The van der Waals surface area contributed by atoms with Crippen molar-refractivity contribution in [3.63, 3.8) is 0 Å². The minimum absolute atomic E-state index is 0.150. The zero-order chi connectivity index (χ0) is 17.7. The normalized spacial score (nSPS) is 15.7. The lowest BCUT2D eigenvalue weighted by molar-refractivity contribution is 0.221. The second kappa shape index (κ2) is 8.17. The molecule has 1 rings (SSSR count). The molecule has 23 heavy (non-hydrogen) atoms. The molecule has 7 heteroatoms. The molecule has 1 aromatic carbocycles. The van der Waals surface area contributed by atoms with E-state index in [1.54, 1.807) is 25.3 Å². The van der Waals surface area contributed by atoms with Gasteiger partial charge < -0.3 is 0 Å². The summed E-state index contributed by atoms with van der Waals surface area (Å²) < 4.78 is 44.7. The zero-order valence-corrected chi connectivity index (χ0v) is 15.9. The van der Waals surface area contributed by atoms with Crippen LogP contribution in [0.3, 0.4) is 0 Å². The van der Waals surface area contributed by atoms with E-state index in [0.717, 1.165) is 5.56 Å². The van der Waals surface area contributed by atoms with E-state index >= 15 is 0 Å². The fourth-order valence-corrected chi connectivity index (χ4v) is 3.28. The standard InChI is InChI=1S/C16H25NO4S2/c1-13-8-10-15(11-9-13)23(19,20)21-14(2)7-6-12-17-22(18)16(3,4)5/h8-12,14H,6-7H2,1-5H3/b17-12+. The largest absolute Gasteiger partial charge is 0.297 e. The van der Waals surface area contributed by atoms with Crippen molar-refractivity contribution in [2.45, 2.75) is 63.2 Å². The summed E-state index contributed by atoms with van der Waals surface area (Å²) in [5.41, 5.74) is 0.986. The van der Waals surface area contributed by atoms with Crippen molar-refractivity contribution in [3.05, 3.63) is 29.8 Å². The molecule has 0 amide bonds. The second-order valence-corrected chi connectivity index (χ2v) is 9.91. The number of aryl methyl sites for hydroxylation is 1. The van der Waals surface area contributed by atoms with Crippen LogP contribution in [0.5, 0.6) is 0 Å². The van der Waals surface area contributed by atoms with Gasteiger partial charge in [0.2, 0.25) is 0 Å². The monoisotopic (exact) mass is 359 g/mol. The van der Waals surface area contributed by atoms with Crippen LogP contribution in [0.2, 0.25) is 0 Å². The number of benzene rings is 1. The van der Waals surface area contributed by atoms with Gasteiger partial charge in [-0.15, -0.1) is 0 Å². The quantitative estimate of drug-likeness (QED) is 0.552. The van der Waals surface area contributed by atoms with Crippen molar-refractivity contribution in [1.82, 2.24) is 0 Å². The summed E-state index contributed by atoms with van der Waals surface area (Å²) in [6.45, 7) is 9.13. The molecule has 5 nitrogen and oxygen atoms in total. The summed E-state index contributed by atoms with van der Waals surface area (Å²) in [4.78, 5) is 0.150. The molecule has 0 spiro atoms. The van der Waals surface area contributed by atoms with Crippen LogP contribution >= 0.6 is 0 Å². The third-order valence-corrected chi connectivity index (χ3v) is 5.82. The van der Waals surface area contributed by atoms with Crippen molar-refractivity contribution in [1.29, 1.82) is 0 Å². The number of rotatable bonds is 7. The lowest BCUT2D eigenvalue weighted by Crippen LogP contribution is -2.19. The molecule has 2 unspecified atom stereocenters. The van der Waals surface area contributed by atoms with Gasteiger partial charge in [0.05, 0.1) is 15.7 Å². The van der Waals surface area contributed by atoms with Crippen LogP contribution in [0.1, 0.15) is 46.1 Å². The molecule has 0 radical (unpaired) electrons. The number of hydrogen-bond donors (Lipinski definition) is 0. The Morgan fingerprint density at radius 2 is 1.83 bits per heavy atom. The van der Waals surface area contributed by atoms with Crippen molar-refractivity contribution >= 4 is 27.3 Å². The Morgan fingerprint density at radius 1 is 1.26 bits per heavy atom. The molecule has 0 fully saturated rings. The third kappa shape index (κ3) is 6.93. The molecule has 0 aliphatic heterocycles. The van der Waals surface area contributed by atoms with Gasteiger partial charge in [-0.1, -0.05) is 17.7 Å². The molecule has 0 bridgehead atoms. The fourth-order valence-electron chi connectivity index (χ4n) is 1.61. The SMILES string of the molecule is Cc1ccc(S(=O)(=O)OC(C)CC/C=N/S(=O)C(C)(C)C)cc1. The van der Waals surface area contributed by atoms with Crippen molar-refractivity contribution in [2.75, 3.05) is 0 Å². The molecule has 0 aromatic heterocycles. The summed E-state index contributed by atoms with van der Waals surface area (Å²) in [7, 11) is -5.05. The first-order chi connectivity index (χ1) is 10.5. The molecular formula is C16H25NO4S2. The number of hydrogen-bond acceptors (Lipinski definition) is 4. The van der Waals surface area contributed by atoms with Gasteiger partial charge in [0.25, 0.3) is 10.1 Å². The molecule has 0 aliphatic carbocycles. The van der Waals surface area contributed by atoms with Gasteiger partial charge in [0.1, 0.15) is 11.0 Å². The zero-order valence-electron chi connectivity index (χ0n) is 14.3. The predicted molar refractivity (Wildman–Crippen MR) is 94.5 cm³/mol. The highest BCUT2D eigenvalue weighted by Crippen LogP contribution is 2.17. The van der Waals surface area contributed by atoms with E-state index in [1.807, 2.05) is 27.7 Å². The van der Waals surface area contributed by atoms with Gasteiger partial charge >= 0.3 is 0 Å². The molecule has 130 valence electrons. The van der Waals surface area contributed by atoms with E-state index in [4.69, 9.17) is 4.18 Å². The summed E-state index contributed by atoms with van der Waals surface area (Å²) >= 11 is 0. The van der Waals surface area contributed by atoms with Crippen LogP contribution < -0.4 is 0 Å². The van der Waals surface area contributed by atoms with Gasteiger partial charge in [0, 0.05) is 6.21 Å². The lowest BCUT2D eigenvalue weighted by Gasteiger charge is -2.13. The highest BCUT2D eigenvalue weighted by molar-refractivity contribution is 7.86. The van der Waals surface area contributed by atoms with Crippen LogP contribution in [-0.4, -0.2) is 29.7 Å². The highest BCUT2D eigenvalue weighted by Gasteiger charge is 2.19. The maximum atomic E-state index is 12.1. The van der Waals surface area contributed by atoms with Gasteiger partial charge in [-0.2, -0.15) is 12.8 Å². The van der Waals surface area contributed by atoms with Crippen LogP contribution in [0, 0.1) is 6.92 Å². The highest BCUT2D eigenvalue weighted by atomic mass is 32.2. The van der Waals surface area contributed by atoms with E-state index in [1.165, 1.54) is 12.1 Å². The van der Waals surface area contributed by atoms with Crippen LogP contribution in [0.25, 0.3) is 0 Å². The topological polar surface area (TPSA) is 72.8 Å². The Balaban J connectivity index is 2.53. The Morgan fingerprint density at radius 3 is 2.35 bits per heavy atom. The van der Waals surface area contributed by atoms with E-state index in [9.17, 15) is 12.6 Å².